The molecule has 3 rings (SSSR count). The first-order chi connectivity index (χ1) is 12.8. The topological polar surface area (TPSA) is 38.3 Å². The summed E-state index contributed by atoms with van der Waals surface area (Å²) in [5, 5.41) is 4.11. The quantitative estimate of drug-likeness (QED) is 0.560. The normalized spacial score (nSPS) is 11.3. The molecule has 1 heterocycles. The van der Waals surface area contributed by atoms with Crippen molar-refractivity contribution in [2.24, 2.45) is 0 Å². The zero-order valence-electron chi connectivity index (χ0n) is 13.7. The summed E-state index contributed by atoms with van der Waals surface area (Å²) < 4.78 is 57.1. The van der Waals surface area contributed by atoms with Gasteiger partial charge in [0, 0.05) is 11.3 Å². The van der Waals surface area contributed by atoms with E-state index in [1.807, 2.05) is 0 Å². The number of nitrogens with one attached hydrogen (secondary N) is 1. The van der Waals surface area contributed by atoms with Crippen LogP contribution in [-0.2, 0) is 12.8 Å². The van der Waals surface area contributed by atoms with Crippen molar-refractivity contribution in [2.45, 2.75) is 12.8 Å². The van der Waals surface area contributed by atoms with Gasteiger partial charge in [-0.3, -0.25) is 4.79 Å². The number of anilines is 1. The fraction of sp³-hybridized carbons (Fsp3) is 0.105. The Hall–Kier alpha value is -2.87. The zero-order chi connectivity index (χ0) is 19.4. The molecular weight excluding hydrogens is 382 g/mol. The number of hydrogen-bond donors (Lipinski definition) is 1. The minimum absolute atomic E-state index is 0.0485. The maximum absolute atomic E-state index is 13.5. The Morgan fingerprint density at radius 2 is 1.85 bits per heavy atom. The van der Waals surface area contributed by atoms with E-state index in [1.54, 1.807) is 23.6 Å². The number of rotatable bonds is 5. The van der Waals surface area contributed by atoms with E-state index in [-0.39, 0.29) is 18.0 Å². The lowest BCUT2D eigenvalue weighted by Crippen LogP contribution is -2.12. The molecule has 0 bridgehead atoms. The number of benzene rings is 2. The van der Waals surface area contributed by atoms with Gasteiger partial charge in [0.1, 0.15) is 6.61 Å². The number of thiophene rings is 1. The van der Waals surface area contributed by atoms with Gasteiger partial charge in [0.05, 0.1) is 10.4 Å². The summed E-state index contributed by atoms with van der Waals surface area (Å²) in [7, 11) is 0. The van der Waals surface area contributed by atoms with Crippen LogP contribution in [0.3, 0.4) is 0 Å². The van der Waals surface area contributed by atoms with Crippen LogP contribution >= 0.6 is 11.3 Å². The average molecular weight is 395 g/mol. The number of halogens is 4. The third kappa shape index (κ3) is 4.85. The van der Waals surface area contributed by atoms with Gasteiger partial charge < -0.3 is 10.1 Å². The van der Waals surface area contributed by atoms with Crippen LogP contribution in [0.15, 0.2) is 60.0 Å². The Labute approximate surface area is 156 Å². The van der Waals surface area contributed by atoms with E-state index in [4.69, 9.17) is 4.74 Å². The number of ether oxygens (including phenoxy) is 1. The molecule has 3 nitrogen and oxygen atoms in total. The molecule has 140 valence electrons. The Bertz CT molecular complexity index is 953. The molecule has 3 aromatic rings. The molecule has 1 aromatic heterocycles. The van der Waals surface area contributed by atoms with Crippen LogP contribution < -0.4 is 10.1 Å². The molecule has 0 radical (unpaired) electrons. The van der Waals surface area contributed by atoms with Gasteiger partial charge >= 0.3 is 6.18 Å². The van der Waals surface area contributed by atoms with Crippen molar-refractivity contribution in [3.63, 3.8) is 0 Å². The summed E-state index contributed by atoms with van der Waals surface area (Å²) in [4.78, 5) is 12.5. The molecule has 0 aliphatic carbocycles. The molecule has 2 aromatic carbocycles. The highest BCUT2D eigenvalue weighted by atomic mass is 32.1. The van der Waals surface area contributed by atoms with Crippen LogP contribution in [0, 0.1) is 5.82 Å². The SMILES string of the molecule is O=C(Nc1cccc(C(F)(F)F)c1)c1cc(COc2ccccc2F)cs1. The molecule has 0 saturated carbocycles. The molecule has 0 spiro atoms. The highest BCUT2D eigenvalue weighted by Crippen LogP contribution is 2.31. The van der Waals surface area contributed by atoms with Crippen molar-refractivity contribution < 1.29 is 27.1 Å². The van der Waals surface area contributed by atoms with Gasteiger partial charge in [-0.1, -0.05) is 18.2 Å². The van der Waals surface area contributed by atoms with Gasteiger partial charge in [0.15, 0.2) is 11.6 Å². The van der Waals surface area contributed by atoms with Crippen molar-refractivity contribution in [3.8, 4) is 5.75 Å². The lowest BCUT2D eigenvalue weighted by atomic mass is 10.2. The van der Waals surface area contributed by atoms with Gasteiger partial charge in [0.2, 0.25) is 0 Å². The third-order valence-corrected chi connectivity index (χ3v) is 4.53. The molecule has 1 N–H and O–H groups in total. The molecule has 0 saturated heterocycles. The van der Waals surface area contributed by atoms with Crippen LogP contribution in [0.5, 0.6) is 5.75 Å². The van der Waals surface area contributed by atoms with E-state index in [0.717, 1.165) is 23.5 Å². The number of alkyl halides is 3. The van der Waals surface area contributed by atoms with Crippen molar-refractivity contribution >= 4 is 22.9 Å². The predicted octanol–water partition coefficient (Wildman–Crippen LogP) is 5.74. The van der Waals surface area contributed by atoms with Gasteiger partial charge in [-0.25, -0.2) is 4.39 Å². The molecule has 0 aliphatic heterocycles. The summed E-state index contributed by atoms with van der Waals surface area (Å²) in [5.41, 5.74) is -0.143. The van der Waals surface area contributed by atoms with Gasteiger partial charge in [-0.05, 0) is 41.8 Å². The second-order valence-electron chi connectivity index (χ2n) is 5.57. The van der Waals surface area contributed by atoms with Crippen LogP contribution in [0.25, 0.3) is 0 Å². The molecule has 0 unspecified atom stereocenters. The lowest BCUT2D eigenvalue weighted by Gasteiger charge is -2.09. The molecule has 27 heavy (non-hydrogen) atoms. The Morgan fingerprint density at radius 3 is 2.59 bits per heavy atom. The summed E-state index contributed by atoms with van der Waals surface area (Å²) in [5.74, 6) is -0.926. The standard InChI is InChI=1S/C19H13F4NO2S/c20-15-6-1-2-7-16(15)26-10-12-8-17(27-11-12)18(25)24-14-5-3-4-13(9-14)19(21,22)23/h1-9,11H,10H2,(H,24,25). The smallest absolute Gasteiger partial charge is 0.416 e. The Balaban J connectivity index is 1.64. The fourth-order valence-corrected chi connectivity index (χ4v) is 3.05. The first kappa shape index (κ1) is 18.9. The van der Waals surface area contributed by atoms with Crippen LogP contribution in [0.2, 0.25) is 0 Å². The molecule has 0 fully saturated rings. The predicted molar refractivity (Wildman–Crippen MR) is 94.4 cm³/mol. The fourth-order valence-electron chi connectivity index (χ4n) is 2.26. The van der Waals surface area contributed by atoms with E-state index in [1.165, 1.54) is 24.3 Å². The Kier molecular flexibility index (Phi) is 5.46. The maximum Gasteiger partial charge on any atom is 0.416 e. The number of carbonyl (C=O) groups excluding carboxylic acids is 1. The van der Waals surface area contributed by atoms with E-state index < -0.39 is 23.5 Å². The minimum Gasteiger partial charge on any atom is -0.486 e. The molecule has 0 atom stereocenters. The molecular formula is C19H13F4NO2S. The van der Waals surface area contributed by atoms with Gasteiger partial charge in [-0.2, -0.15) is 13.2 Å². The third-order valence-electron chi connectivity index (χ3n) is 3.56. The second-order valence-corrected chi connectivity index (χ2v) is 6.48. The first-order valence-corrected chi connectivity index (χ1v) is 8.64. The van der Waals surface area contributed by atoms with Crippen molar-refractivity contribution in [1.29, 1.82) is 0 Å². The molecule has 0 aliphatic rings. The number of carbonyl (C=O) groups is 1. The van der Waals surface area contributed by atoms with E-state index in [2.05, 4.69) is 5.32 Å². The highest BCUT2D eigenvalue weighted by molar-refractivity contribution is 7.12. The summed E-state index contributed by atoms with van der Waals surface area (Å²) in [6.45, 7) is 0.0638. The minimum atomic E-state index is -4.49. The van der Waals surface area contributed by atoms with Crippen molar-refractivity contribution in [1.82, 2.24) is 0 Å². The number of hydrogen-bond acceptors (Lipinski definition) is 3. The van der Waals surface area contributed by atoms with Crippen LogP contribution in [0.4, 0.5) is 23.2 Å². The summed E-state index contributed by atoms with van der Waals surface area (Å²) in [6.07, 6.45) is -4.49. The van der Waals surface area contributed by atoms with Crippen molar-refractivity contribution in [2.75, 3.05) is 5.32 Å². The average Bonchev–Trinajstić information content (AvgIpc) is 3.10. The summed E-state index contributed by atoms with van der Waals surface area (Å²) in [6, 6.07) is 11.9. The summed E-state index contributed by atoms with van der Waals surface area (Å²) >= 11 is 1.12. The van der Waals surface area contributed by atoms with Gasteiger partial charge in [0.25, 0.3) is 5.91 Å². The highest BCUT2D eigenvalue weighted by Gasteiger charge is 2.30. The monoisotopic (exact) mass is 395 g/mol. The second kappa shape index (κ2) is 7.79. The Morgan fingerprint density at radius 1 is 1.07 bits per heavy atom. The molecule has 8 heteroatoms. The lowest BCUT2D eigenvalue weighted by molar-refractivity contribution is -0.137. The van der Waals surface area contributed by atoms with E-state index in [0.29, 0.717) is 10.4 Å². The van der Waals surface area contributed by atoms with Crippen molar-refractivity contribution in [3.05, 3.63) is 81.8 Å². The zero-order valence-corrected chi connectivity index (χ0v) is 14.5. The van der Waals surface area contributed by atoms with Crippen LogP contribution in [-0.4, -0.2) is 5.91 Å². The maximum atomic E-state index is 13.5. The van der Waals surface area contributed by atoms with Crippen LogP contribution in [0.1, 0.15) is 20.8 Å². The first-order valence-electron chi connectivity index (χ1n) is 7.76. The molecule has 1 amide bonds. The number of para-hydroxylation sites is 1. The van der Waals surface area contributed by atoms with E-state index >= 15 is 0 Å². The number of amides is 1. The van der Waals surface area contributed by atoms with E-state index in [9.17, 15) is 22.4 Å². The largest absolute Gasteiger partial charge is 0.486 e. The van der Waals surface area contributed by atoms with Gasteiger partial charge in [-0.15, -0.1) is 11.3 Å².